The van der Waals surface area contributed by atoms with Gasteiger partial charge >= 0.3 is 23.8 Å². The molecule has 0 unspecified atom stereocenters. The molecule has 1 heterocycles. The number of carbonyl (C=O) groups excluding carboxylic acids is 2. The van der Waals surface area contributed by atoms with E-state index in [2.05, 4.69) is 38.3 Å². The van der Waals surface area contributed by atoms with Crippen LogP contribution in [-0.4, -0.2) is 22.1 Å². The molecule has 0 radical (unpaired) electrons. The third-order valence-electron chi connectivity index (χ3n) is 5.25. The third kappa shape index (κ3) is 5.39. The van der Waals surface area contributed by atoms with Crippen molar-refractivity contribution in [3.05, 3.63) is 60.0 Å². The number of benzene rings is 2. The molecule has 3 amide bonds. The number of amides is 3. The van der Waals surface area contributed by atoms with E-state index in [1.807, 2.05) is 12.1 Å². The van der Waals surface area contributed by atoms with Gasteiger partial charge in [0, 0.05) is 17.1 Å². The Kier molecular flexibility index (Phi) is 6.11. The van der Waals surface area contributed by atoms with Crippen molar-refractivity contribution in [2.45, 2.75) is 38.0 Å². The van der Waals surface area contributed by atoms with Crippen molar-refractivity contribution >= 4 is 35.0 Å². The molecule has 3 aromatic rings. The van der Waals surface area contributed by atoms with Crippen LogP contribution in [0.5, 0.6) is 0 Å². The van der Waals surface area contributed by atoms with Gasteiger partial charge in [-0.1, -0.05) is 42.6 Å². The lowest BCUT2D eigenvalue weighted by Crippen LogP contribution is -2.19. The summed E-state index contributed by atoms with van der Waals surface area (Å²) < 4.78 is 5.40. The van der Waals surface area contributed by atoms with Gasteiger partial charge in [-0.2, -0.15) is 0 Å². The van der Waals surface area contributed by atoms with Crippen LogP contribution in [0.4, 0.5) is 27.9 Å². The number of anilines is 4. The fraction of sp³-hybridized carbons (Fsp3) is 0.273. The van der Waals surface area contributed by atoms with E-state index in [1.165, 1.54) is 37.7 Å². The molecule has 9 nitrogen and oxygen atoms in total. The summed E-state index contributed by atoms with van der Waals surface area (Å²) in [4.78, 5) is 23.4. The minimum Gasteiger partial charge on any atom is -0.399 e. The predicted octanol–water partition coefficient (Wildman–Crippen LogP) is 4.60. The topological polar surface area (TPSA) is 135 Å². The van der Waals surface area contributed by atoms with Crippen LogP contribution in [0.15, 0.2) is 52.9 Å². The van der Waals surface area contributed by atoms with Crippen molar-refractivity contribution in [3.8, 4) is 0 Å². The van der Waals surface area contributed by atoms with Gasteiger partial charge in [0.1, 0.15) is 0 Å². The fourth-order valence-electron chi connectivity index (χ4n) is 3.77. The predicted molar refractivity (Wildman–Crippen MR) is 117 cm³/mol. The molecule has 0 spiro atoms. The van der Waals surface area contributed by atoms with Crippen molar-refractivity contribution < 1.29 is 14.0 Å². The third-order valence-corrected chi connectivity index (χ3v) is 5.25. The van der Waals surface area contributed by atoms with Crippen molar-refractivity contribution in [1.29, 1.82) is 0 Å². The monoisotopic (exact) mass is 420 g/mol. The standard InChI is InChI=1S/C22H24N6O3/c23-21(30)25-17-7-4-8-18(13-17)26-22-28-27-20(31-22)19(29)24-16-11-9-15(10-12-16)14-5-2-1-3-6-14/h4,7-14H,1-3,5-6H2,(H,24,29)(H,26,28)(H3,23,25,30). The molecule has 4 rings (SSSR count). The van der Waals surface area contributed by atoms with E-state index < -0.39 is 11.9 Å². The summed E-state index contributed by atoms with van der Waals surface area (Å²) in [5.41, 5.74) is 8.19. The smallest absolute Gasteiger partial charge is 0.320 e. The van der Waals surface area contributed by atoms with Crippen LogP contribution in [0.1, 0.15) is 54.3 Å². The highest BCUT2D eigenvalue weighted by molar-refractivity contribution is 6.00. The zero-order valence-corrected chi connectivity index (χ0v) is 16.9. The molecule has 1 aliphatic carbocycles. The molecule has 1 aromatic heterocycles. The van der Waals surface area contributed by atoms with Crippen molar-refractivity contribution in [2.75, 3.05) is 16.0 Å². The molecule has 1 saturated carbocycles. The number of carbonyl (C=O) groups is 2. The first-order chi connectivity index (χ1) is 15.1. The molecular formula is C22H24N6O3. The Morgan fingerprint density at radius 3 is 2.39 bits per heavy atom. The average Bonchev–Trinajstić information content (AvgIpc) is 3.23. The number of nitrogens with zero attached hydrogens (tertiary/aromatic N) is 2. The highest BCUT2D eigenvalue weighted by Gasteiger charge is 2.17. The van der Waals surface area contributed by atoms with Crippen LogP contribution in [0.2, 0.25) is 0 Å². The minimum absolute atomic E-state index is 0.0500. The first kappa shape index (κ1) is 20.4. The van der Waals surface area contributed by atoms with E-state index in [1.54, 1.807) is 24.3 Å². The molecule has 31 heavy (non-hydrogen) atoms. The molecule has 5 N–H and O–H groups in total. The first-order valence-electron chi connectivity index (χ1n) is 10.3. The van der Waals surface area contributed by atoms with Crippen LogP contribution in [0.3, 0.4) is 0 Å². The van der Waals surface area contributed by atoms with Crippen molar-refractivity contribution in [1.82, 2.24) is 10.2 Å². The normalized spacial score (nSPS) is 14.1. The molecular weight excluding hydrogens is 396 g/mol. The maximum atomic E-state index is 12.4. The van der Waals surface area contributed by atoms with Gasteiger partial charge < -0.3 is 26.1 Å². The Morgan fingerprint density at radius 2 is 1.65 bits per heavy atom. The van der Waals surface area contributed by atoms with Gasteiger partial charge in [-0.25, -0.2) is 4.79 Å². The second-order valence-corrected chi connectivity index (χ2v) is 7.52. The summed E-state index contributed by atoms with van der Waals surface area (Å²) in [7, 11) is 0. The summed E-state index contributed by atoms with van der Waals surface area (Å²) in [6.45, 7) is 0. The second-order valence-electron chi connectivity index (χ2n) is 7.52. The van der Waals surface area contributed by atoms with Gasteiger partial charge in [0.05, 0.1) is 0 Å². The van der Waals surface area contributed by atoms with Crippen LogP contribution in [-0.2, 0) is 0 Å². The Bertz CT molecular complexity index is 1060. The Balaban J connectivity index is 1.36. The second kappa shape index (κ2) is 9.29. The van der Waals surface area contributed by atoms with Gasteiger partial charge in [-0.15, -0.1) is 5.10 Å². The largest absolute Gasteiger partial charge is 0.399 e. The van der Waals surface area contributed by atoms with Crippen LogP contribution >= 0.6 is 0 Å². The number of urea groups is 1. The first-order valence-corrected chi connectivity index (χ1v) is 10.3. The van der Waals surface area contributed by atoms with E-state index in [0.717, 1.165) is 0 Å². The summed E-state index contributed by atoms with van der Waals surface area (Å²) in [5, 5.41) is 15.8. The lowest BCUT2D eigenvalue weighted by molar-refractivity contribution is 0.0991. The van der Waals surface area contributed by atoms with Gasteiger partial charge in [-0.05, 0) is 54.7 Å². The Hall–Kier alpha value is -3.88. The maximum Gasteiger partial charge on any atom is 0.320 e. The number of nitrogens with two attached hydrogens (primary N) is 1. The number of hydrogen-bond acceptors (Lipinski definition) is 6. The van der Waals surface area contributed by atoms with Gasteiger partial charge in [0.2, 0.25) is 0 Å². The lowest BCUT2D eigenvalue weighted by atomic mass is 9.84. The van der Waals surface area contributed by atoms with Crippen LogP contribution in [0.25, 0.3) is 0 Å². The van der Waals surface area contributed by atoms with Crippen molar-refractivity contribution in [3.63, 3.8) is 0 Å². The summed E-state index contributed by atoms with van der Waals surface area (Å²) in [6, 6.07) is 14.1. The quantitative estimate of drug-likeness (QED) is 0.460. The Morgan fingerprint density at radius 1 is 0.903 bits per heavy atom. The van der Waals surface area contributed by atoms with E-state index in [4.69, 9.17) is 10.2 Å². The molecule has 1 fully saturated rings. The molecule has 160 valence electrons. The van der Waals surface area contributed by atoms with Crippen molar-refractivity contribution in [2.24, 2.45) is 5.73 Å². The lowest BCUT2D eigenvalue weighted by Gasteiger charge is -2.22. The summed E-state index contributed by atoms with van der Waals surface area (Å²) >= 11 is 0. The summed E-state index contributed by atoms with van der Waals surface area (Å²) in [6.07, 6.45) is 6.34. The molecule has 1 aliphatic rings. The Labute approximate surface area is 179 Å². The molecule has 0 bridgehead atoms. The van der Waals surface area contributed by atoms with Crippen LogP contribution in [0, 0.1) is 0 Å². The number of aromatic nitrogens is 2. The number of rotatable bonds is 6. The van der Waals surface area contributed by atoms with Gasteiger partial charge in [0.25, 0.3) is 0 Å². The van der Waals surface area contributed by atoms with E-state index >= 15 is 0 Å². The van der Waals surface area contributed by atoms with Crippen LogP contribution < -0.4 is 21.7 Å². The zero-order chi connectivity index (χ0) is 21.6. The zero-order valence-electron chi connectivity index (χ0n) is 16.9. The average molecular weight is 420 g/mol. The molecule has 9 heteroatoms. The number of nitrogens with one attached hydrogen (secondary N) is 3. The van der Waals surface area contributed by atoms with E-state index in [0.29, 0.717) is 23.0 Å². The SMILES string of the molecule is NC(=O)Nc1cccc(Nc2nnc(C(=O)Nc3ccc(C4CCCCC4)cc3)o2)c1. The maximum absolute atomic E-state index is 12.4. The van der Waals surface area contributed by atoms with Gasteiger partial charge in [-0.3, -0.25) is 4.79 Å². The summed E-state index contributed by atoms with van der Waals surface area (Å²) in [5.74, 6) is -0.0415. The molecule has 0 atom stereocenters. The number of primary amides is 1. The van der Waals surface area contributed by atoms with Gasteiger partial charge in [0.15, 0.2) is 0 Å². The van der Waals surface area contributed by atoms with E-state index in [9.17, 15) is 9.59 Å². The van der Waals surface area contributed by atoms with E-state index in [-0.39, 0.29) is 11.9 Å². The molecule has 0 aliphatic heterocycles. The fourth-order valence-corrected chi connectivity index (χ4v) is 3.77. The molecule has 2 aromatic carbocycles. The number of hydrogen-bond donors (Lipinski definition) is 4. The molecule has 0 saturated heterocycles. The highest BCUT2D eigenvalue weighted by atomic mass is 16.4. The highest BCUT2D eigenvalue weighted by Crippen LogP contribution is 2.33. The minimum atomic E-state index is -0.666.